The van der Waals surface area contributed by atoms with Gasteiger partial charge in [-0.2, -0.15) is 0 Å². The Bertz CT molecular complexity index is 2090. The fourth-order valence-corrected chi connectivity index (χ4v) is 7.90. The van der Waals surface area contributed by atoms with Gasteiger partial charge < -0.3 is 16.0 Å². The average Bonchev–Trinajstić information content (AvgIpc) is 3.61. The number of unbranched alkanes of at least 4 members (excludes halogenated alkanes) is 3. The summed E-state index contributed by atoms with van der Waals surface area (Å²) in [5, 5.41) is 21.3. The Morgan fingerprint density at radius 3 is 2.41 bits per heavy atom. The normalized spacial score (nSPS) is 16.4. The number of piperidine rings is 1. The molecule has 0 saturated carbocycles. The van der Waals surface area contributed by atoms with Crippen molar-refractivity contribution >= 4 is 63.9 Å². The molecule has 6 rings (SSSR count). The number of halogens is 1. The maximum absolute atomic E-state index is 13.2. The lowest BCUT2D eigenvalue weighted by molar-refractivity contribution is -0.137. The molecule has 0 bridgehead atoms. The molecule has 13 nitrogen and oxygen atoms in total. The number of carbonyl (C=O) groups is 5. The number of benzene rings is 2. The largest absolute Gasteiger partial charge is 0.356 e. The van der Waals surface area contributed by atoms with Crippen molar-refractivity contribution in [1.29, 1.82) is 0 Å². The van der Waals surface area contributed by atoms with Gasteiger partial charge >= 0.3 is 0 Å². The molecule has 1 saturated heterocycles. The molecular weight excluding hydrogens is 728 g/mol. The summed E-state index contributed by atoms with van der Waals surface area (Å²) in [6.45, 7) is 6.61. The van der Waals surface area contributed by atoms with Crippen LogP contribution < -0.4 is 21.3 Å². The summed E-state index contributed by atoms with van der Waals surface area (Å²) in [6.07, 6.45) is 4.22. The highest BCUT2D eigenvalue weighted by Crippen LogP contribution is 2.39. The van der Waals surface area contributed by atoms with Crippen molar-refractivity contribution in [2.45, 2.75) is 90.6 Å². The van der Waals surface area contributed by atoms with E-state index < -0.39 is 18.0 Å². The molecule has 0 spiro atoms. The number of carbonyl (C=O) groups excluding carboxylic acids is 5. The maximum Gasteiger partial charge on any atom is 0.249 e. The van der Waals surface area contributed by atoms with Gasteiger partial charge in [0, 0.05) is 46.1 Å². The topological polar surface area (TPSA) is 177 Å². The predicted octanol–water partition coefficient (Wildman–Crippen LogP) is 5.36. The highest BCUT2D eigenvalue weighted by Gasteiger charge is 2.32. The molecule has 5 amide bonds. The second kappa shape index (κ2) is 17.3. The fourth-order valence-electron chi connectivity index (χ4n) is 6.56. The van der Waals surface area contributed by atoms with E-state index in [4.69, 9.17) is 16.6 Å². The third-order valence-corrected chi connectivity index (χ3v) is 11.0. The Balaban J connectivity index is 0.929. The summed E-state index contributed by atoms with van der Waals surface area (Å²) in [5.74, 6) is 0.0120. The van der Waals surface area contributed by atoms with E-state index in [9.17, 15) is 24.0 Å². The lowest BCUT2D eigenvalue weighted by atomic mass is 9.99. The first-order chi connectivity index (χ1) is 26.0. The summed E-state index contributed by atoms with van der Waals surface area (Å²) in [7, 11) is 0. The van der Waals surface area contributed by atoms with Crippen LogP contribution in [-0.2, 0) is 30.4 Å². The lowest BCUT2D eigenvalue weighted by Crippen LogP contribution is -2.52. The SMILES string of the molecule is Cc1sc2c(c1C)C(c1ccc(Cl)cc1)=NC(CC(=O)NCCCCCCC(=O)Nc1ccc(CC(=O)NC3CCC(=O)NC3=O)cc1)c1nnc(C)n1-2. The molecule has 2 atom stereocenters. The molecule has 0 aliphatic carbocycles. The number of anilines is 1. The van der Waals surface area contributed by atoms with Gasteiger partial charge in [0.15, 0.2) is 5.82 Å². The molecule has 2 aliphatic heterocycles. The van der Waals surface area contributed by atoms with E-state index in [2.05, 4.69) is 45.3 Å². The van der Waals surface area contributed by atoms with E-state index in [1.807, 2.05) is 35.8 Å². The number of hydrogen-bond donors (Lipinski definition) is 4. The molecule has 0 radical (unpaired) electrons. The maximum atomic E-state index is 13.2. The molecule has 4 heterocycles. The van der Waals surface area contributed by atoms with Gasteiger partial charge in [-0.25, -0.2) is 0 Å². The first-order valence-electron chi connectivity index (χ1n) is 18.1. The zero-order valence-corrected chi connectivity index (χ0v) is 32.0. The summed E-state index contributed by atoms with van der Waals surface area (Å²) >= 11 is 7.88. The van der Waals surface area contributed by atoms with E-state index in [0.717, 1.165) is 58.1 Å². The molecule has 1 fully saturated rings. The zero-order chi connectivity index (χ0) is 38.4. The third kappa shape index (κ3) is 9.29. The standard InChI is InChI=1S/C39H43ClN8O5S/c1-22-23(2)54-39-35(22)36(26-11-13-27(40)14-12-26)44-30(37-47-46-24(3)48(37)39)21-33(51)41-19-7-5-4-6-8-31(49)42-28-15-9-25(10-16-28)20-34(52)43-29-17-18-32(50)45-38(29)53/h9-16,29-30H,4-8,17-21H2,1-3H3,(H,41,51)(H,42,49)(H,43,52)(H,45,50,53). The average molecular weight is 771 g/mol. The van der Waals surface area contributed by atoms with Crippen LogP contribution in [0.5, 0.6) is 0 Å². The summed E-state index contributed by atoms with van der Waals surface area (Å²) in [6, 6.07) is 13.3. The molecule has 15 heteroatoms. The lowest BCUT2D eigenvalue weighted by Gasteiger charge is -2.21. The van der Waals surface area contributed by atoms with Crippen LogP contribution in [-0.4, -0.2) is 62.6 Å². The molecular formula is C39H43ClN8O5S. The van der Waals surface area contributed by atoms with Crippen LogP contribution in [0, 0.1) is 20.8 Å². The van der Waals surface area contributed by atoms with Gasteiger partial charge in [0.05, 0.1) is 18.6 Å². The van der Waals surface area contributed by atoms with Crippen molar-refractivity contribution in [2.24, 2.45) is 4.99 Å². The number of nitrogens with zero attached hydrogens (tertiary/aromatic N) is 4. The minimum Gasteiger partial charge on any atom is -0.356 e. The van der Waals surface area contributed by atoms with E-state index >= 15 is 0 Å². The third-order valence-electron chi connectivity index (χ3n) is 9.57. The van der Waals surface area contributed by atoms with Gasteiger partial charge in [0.1, 0.15) is 22.9 Å². The molecule has 54 heavy (non-hydrogen) atoms. The Morgan fingerprint density at radius 1 is 0.926 bits per heavy atom. The number of aryl methyl sites for hydroxylation is 2. The Labute approximate surface area is 322 Å². The van der Waals surface area contributed by atoms with Gasteiger partial charge in [0.2, 0.25) is 29.5 Å². The van der Waals surface area contributed by atoms with Gasteiger partial charge in [-0.15, -0.1) is 21.5 Å². The van der Waals surface area contributed by atoms with Crippen molar-refractivity contribution in [2.75, 3.05) is 11.9 Å². The Morgan fingerprint density at radius 2 is 1.67 bits per heavy atom. The monoisotopic (exact) mass is 770 g/mol. The van der Waals surface area contributed by atoms with Crippen LogP contribution in [0.3, 0.4) is 0 Å². The number of nitrogens with one attached hydrogen (secondary N) is 4. The highest BCUT2D eigenvalue weighted by molar-refractivity contribution is 7.15. The zero-order valence-electron chi connectivity index (χ0n) is 30.5. The van der Waals surface area contributed by atoms with Gasteiger partial charge in [-0.3, -0.25) is 38.8 Å². The van der Waals surface area contributed by atoms with Crippen LogP contribution in [0.4, 0.5) is 5.69 Å². The summed E-state index contributed by atoms with van der Waals surface area (Å²) in [5.41, 5.74) is 5.24. The van der Waals surface area contributed by atoms with Crippen molar-refractivity contribution in [3.05, 3.63) is 92.3 Å². The van der Waals surface area contributed by atoms with Crippen LogP contribution in [0.1, 0.15) is 96.2 Å². The van der Waals surface area contributed by atoms with Crippen LogP contribution in [0.25, 0.3) is 5.00 Å². The minimum atomic E-state index is -0.714. The summed E-state index contributed by atoms with van der Waals surface area (Å²) in [4.78, 5) is 67.7. The minimum absolute atomic E-state index is 0.0738. The Kier molecular flexibility index (Phi) is 12.3. The highest BCUT2D eigenvalue weighted by atomic mass is 35.5. The van der Waals surface area contributed by atoms with Crippen molar-refractivity contribution in [1.82, 2.24) is 30.7 Å². The second-order valence-electron chi connectivity index (χ2n) is 13.6. The van der Waals surface area contributed by atoms with Crippen molar-refractivity contribution in [3.63, 3.8) is 0 Å². The quantitative estimate of drug-likeness (QED) is 0.0986. The fraction of sp³-hybridized carbons (Fsp3) is 0.385. The number of thiophene rings is 1. The van der Waals surface area contributed by atoms with E-state index in [-0.39, 0.29) is 49.3 Å². The first kappa shape index (κ1) is 38.5. The van der Waals surface area contributed by atoms with Gasteiger partial charge in [-0.05, 0) is 75.4 Å². The number of hydrogen-bond acceptors (Lipinski definition) is 9. The molecule has 2 unspecified atom stereocenters. The first-order valence-corrected chi connectivity index (χ1v) is 19.3. The van der Waals surface area contributed by atoms with E-state index in [1.54, 1.807) is 35.6 Å². The molecule has 282 valence electrons. The molecule has 4 N–H and O–H groups in total. The number of imide groups is 1. The van der Waals surface area contributed by atoms with Crippen molar-refractivity contribution < 1.29 is 24.0 Å². The second-order valence-corrected chi connectivity index (χ2v) is 15.3. The number of aromatic nitrogens is 3. The summed E-state index contributed by atoms with van der Waals surface area (Å²) < 4.78 is 2.03. The van der Waals surface area contributed by atoms with Crippen LogP contribution >= 0.6 is 22.9 Å². The predicted molar refractivity (Wildman–Crippen MR) is 207 cm³/mol. The smallest absolute Gasteiger partial charge is 0.249 e. The van der Waals surface area contributed by atoms with E-state index in [1.165, 1.54) is 4.88 Å². The molecule has 2 aliphatic rings. The van der Waals surface area contributed by atoms with Crippen LogP contribution in [0.15, 0.2) is 53.5 Å². The van der Waals surface area contributed by atoms with Gasteiger partial charge in [0.25, 0.3) is 0 Å². The van der Waals surface area contributed by atoms with Crippen molar-refractivity contribution in [3.8, 4) is 5.00 Å². The van der Waals surface area contributed by atoms with Crippen LogP contribution in [0.2, 0.25) is 5.02 Å². The number of fused-ring (bicyclic) bond motifs is 3. The molecule has 2 aromatic carbocycles. The number of amides is 5. The molecule has 2 aromatic heterocycles. The Hall–Kier alpha value is -5.21. The molecule has 4 aromatic rings. The van der Waals surface area contributed by atoms with Gasteiger partial charge in [-0.1, -0.05) is 48.7 Å². The number of rotatable bonds is 14. The van der Waals surface area contributed by atoms with E-state index in [0.29, 0.717) is 35.9 Å². The number of aliphatic imine (C=N–C) groups is 1.